The second-order valence-electron chi connectivity index (χ2n) is 8.43. The highest BCUT2D eigenvalue weighted by Crippen LogP contribution is 2.34. The minimum atomic E-state index is -4.21. The lowest BCUT2D eigenvalue weighted by Crippen LogP contribution is -2.32. The van der Waals surface area contributed by atoms with Crippen molar-refractivity contribution in [2.24, 2.45) is 0 Å². The molecular weight excluding hydrogens is 564 g/mol. The van der Waals surface area contributed by atoms with Crippen molar-refractivity contribution in [3.63, 3.8) is 0 Å². The Morgan fingerprint density at radius 2 is 1.82 bits per heavy atom. The van der Waals surface area contributed by atoms with Crippen LogP contribution in [-0.4, -0.2) is 43.5 Å². The van der Waals surface area contributed by atoms with E-state index in [1.807, 2.05) is 25.1 Å². The van der Waals surface area contributed by atoms with Crippen molar-refractivity contribution in [1.29, 1.82) is 0 Å². The summed E-state index contributed by atoms with van der Waals surface area (Å²) < 4.78 is 36.2. The number of thioether (sulfide) groups is 1. The number of aryl methyl sites for hydroxylation is 1. The highest BCUT2D eigenvalue weighted by atomic mass is 35.5. The largest absolute Gasteiger partial charge is 0.492 e. The summed E-state index contributed by atoms with van der Waals surface area (Å²) in [5, 5.41) is 2.13. The Labute approximate surface area is 234 Å². The SMILES string of the molecule is CC(=O)Nc1ccc(S(=O)(=O)Oc2ccc(/C=C3\SC(=O)N(CCOc4cccc(C)c4)C3=O)cc2Cl)cc1. The molecule has 1 fully saturated rings. The molecule has 0 saturated carbocycles. The summed E-state index contributed by atoms with van der Waals surface area (Å²) in [6.45, 7) is 3.52. The highest BCUT2D eigenvalue weighted by molar-refractivity contribution is 8.18. The number of ether oxygens (including phenoxy) is 1. The predicted molar refractivity (Wildman–Crippen MR) is 149 cm³/mol. The van der Waals surface area contributed by atoms with E-state index in [2.05, 4.69) is 5.32 Å². The van der Waals surface area contributed by atoms with Gasteiger partial charge < -0.3 is 14.2 Å². The monoisotopic (exact) mass is 586 g/mol. The van der Waals surface area contributed by atoms with Crippen molar-refractivity contribution in [3.05, 3.63) is 87.8 Å². The summed E-state index contributed by atoms with van der Waals surface area (Å²) in [5.74, 6) is -0.204. The first kappa shape index (κ1) is 28.2. The van der Waals surface area contributed by atoms with Crippen LogP contribution in [0.1, 0.15) is 18.1 Å². The summed E-state index contributed by atoms with van der Waals surface area (Å²) in [6, 6.07) is 17.2. The molecule has 12 heteroatoms. The molecule has 9 nitrogen and oxygen atoms in total. The Hall–Kier alpha value is -3.80. The van der Waals surface area contributed by atoms with E-state index in [0.29, 0.717) is 17.0 Å². The summed E-state index contributed by atoms with van der Waals surface area (Å²) in [4.78, 5) is 37.5. The molecule has 4 rings (SSSR count). The van der Waals surface area contributed by atoms with Crippen LogP contribution in [0.25, 0.3) is 6.08 Å². The average Bonchev–Trinajstić information content (AvgIpc) is 3.13. The number of nitrogens with zero attached hydrogens (tertiary/aromatic N) is 1. The van der Waals surface area contributed by atoms with Crippen molar-refractivity contribution < 1.29 is 31.7 Å². The first-order valence-corrected chi connectivity index (χ1v) is 14.2. The molecule has 1 aliphatic rings. The Morgan fingerprint density at radius 3 is 2.49 bits per heavy atom. The zero-order valence-electron chi connectivity index (χ0n) is 20.8. The van der Waals surface area contributed by atoms with Gasteiger partial charge in [0.1, 0.15) is 17.3 Å². The van der Waals surface area contributed by atoms with Gasteiger partial charge in [-0.25, -0.2) is 0 Å². The zero-order chi connectivity index (χ0) is 28.2. The van der Waals surface area contributed by atoms with Gasteiger partial charge in [-0.15, -0.1) is 0 Å². The number of hydrogen-bond donors (Lipinski definition) is 1. The fourth-order valence-corrected chi connectivity index (χ4v) is 5.64. The van der Waals surface area contributed by atoms with Crippen molar-refractivity contribution in [3.8, 4) is 11.5 Å². The lowest BCUT2D eigenvalue weighted by atomic mass is 10.2. The average molecular weight is 587 g/mol. The molecule has 1 N–H and O–H groups in total. The van der Waals surface area contributed by atoms with Gasteiger partial charge in [-0.3, -0.25) is 19.3 Å². The van der Waals surface area contributed by atoms with Crippen molar-refractivity contribution in [2.45, 2.75) is 18.7 Å². The number of carbonyl (C=O) groups excluding carboxylic acids is 3. The minimum Gasteiger partial charge on any atom is -0.492 e. The molecular formula is C27H23ClN2O7S2. The van der Waals surface area contributed by atoms with Gasteiger partial charge in [-0.05, 0) is 84.4 Å². The van der Waals surface area contributed by atoms with Gasteiger partial charge in [-0.2, -0.15) is 8.42 Å². The quantitative estimate of drug-likeness (QED) is 0.258. The third-order valence-electron chi connectivity index (χ3n) is 5.36. The molecule has 0 unspecified atom stereocenters. The van der Waals surface area contributed by atoms with Crippen LogP contribution in [0, 0.1) is 6.92 Å². The van der Waals surface area contributed by atoms with Crippen LogP contribution >= 0.6 is 23.4 Å². The van der Waals surface area contributed by atoms with Crippen LogP contribution in [-0.2, 0) is 19.7 Å². The smallest absolute Gasteiger partial charge is 0.339 e. The van der Waals surface area contributed by atoms with Crippen LogP contribution < -0.4 is 14.2 Å². The van der Waals surface area contributed by atoms with Crippen LogP contribution in [0.3, 0.4) is 0 Å². The number of carbonyl (C=O) groups is 3. The normalized spacial score (nSPS) is 14.5. The van der Waals surface area contributed by atoms with Gasteiger partial charge in [0.25, 0.3) is 11.1 Å². The maximum absolute atomic E-state index is 12.8. The van der Waals surface area contributed by atoms with Crippen LogP contribution in [0.4, 0.5) is 10.5 Å². The molecule has 0 aliphatic carbocycles. The maximum Gasteiger partial charge on any atom is 0.339 e. The third-order valence-corrected chi connectivity index (χ3v) is 7.81. The number of halogens is 1. The number of benzene rings is 3. The molecule has 3 aromatic carbocycles. The molecule has 202 valence electrons. The van der Waals surface area contributed by atoms with E-state index in [4.69, 9.17) is 20.5 Å². The Balaban J connectivity index is 1.41. The van der Waals surface area contributed by atoms with Gasteiger partial charge >= 0.3 is 10.1 Å². The van der Waals surface area contributed by atoms with Gasteiger partial charge in [-0.1, -0.05) is 29.8 Å². The van der Waals surface area contributed by atoms with Crippen molar-refractivity contribution in [2.75, 3.05) is 18.5 Å². The van der Waals surface area contributed by atoms with Gasteiger partial charge in [0, 0.05) is 12.6 Å². The molecule has 39 heavy (non-hydrogen) atoms. The second kappa shape index (κ2) is 11.9. The second-order valence-corrected chi connectivity index (χ2v) is 11.4. The molecule has 0 bridgehead atoms. The molecule has 0 spiro atoms. The van der Waals surface area contributed by atoms with Crippen molar-refractivity contribution >= 4 is 62.3 Å². The lowest BCUT2D eigenvalue weighted by molar-refractivity contribution is -0.123. The Kier molecular flexibility index (Phi) is 8.63. The first-order valence-electron chi connectivity index (χ1n) is 11.6. The van der Waals surface area contributed by atoms with Crippen molar-refractivity contribution in [1.82, 2.24) is 4.90 Å². The minimum absolute atomic E-state index is 0.00650. The summed E-state index contributed by atoms with van der Waals surface area (Å²) in [5.41, 5.74) is 1.95. The summed E-state index contributed by atoms with van der Waals surface area (Å²) in [6.07, 6.45) is 1.50. The Morgan fingerprint density at radius 1 is 1.08 bits per heavy atom. The fourth-order valence-electron chi connectivity index (χ4n) is 3.55. The molecule has 3 aromatic rings. The molecule has 0 radical (unpaired) electrons. The fraction of sp³-hybridized carbons (Fsp3) is 0.148. The number of anilines is 1. The van der Waals surface area contributed by atoms with Crippen LogP contribution in [0.15, 0.2) is 76.5 Å². The zero-order valence-corrected chi connectivity index (χ0v) is 23.2. The van der Waals surface area contributed by atoms with E-state index in [9.17, 15) is 22.8 Å². The molecule has 1 heterocycles. The lowest BCUT2D eigenvalue weighted by Gasteiger charge is -2.13. The van der Waals surface area contributed by atoms with Gasteiger partial charge in [0.05, 0.1) is 16.5 Å². The number of amides is 3. The number of imide groups is 1. The highest BCUT2D eigenvalue weighted by Gasteiger charge is 2.34. The van der Waals surface area contributed by atoms with E-state index < -0.39 is 21.3 Å². The van der Waals surface area contributed by atoms with Gasteiger partial charge in [0.15, 0.2) is 5.75 Å². The van der Waals surface area contributed by atoms with E-state index in [-0.39, 0.29) is 39.6 Å². The number of nitrogens with one attached hydrogen (secondary N) is 1. The standard InChI is InChI=1S/C27H23ClN2O7S2/c1-17-4-3-5-21(14-17)36-13-12-30-26(32)25(38-27(30)33)16-19-6-11-24(23(28)15-19)37-39(34,35)22-9-7-20(8-10-22)29-18(2)31/h3-11,14-16H,12-13H2,1-2H3,(H,29,31)/b25-16-. The topological polar surface area (TPSA) is 119 Å². The molecule has 0 aromatic heterocycles. The van der Waals surface area contributed by atoms with E-state index in [0.717, 1.165) is 22.2 Å². The maximum atomic E-state index is 12.8. The summed E-state index contributed by atoms with van der Waals surface area (Å²) >= 11 is 7.06. The number of hydrogen-bond acceptors (Lipinski definition) is 8. The van der Waals surface area contributed by atoms with E-state index >= 15 is 0 Å². The Bertz CT molecular complexity index is 1570. The molecule has 3 amide bonds. The molecule has 0 atom stereocenters. The predicted octanol–water partition coefficient (Wildman–Crippen LogP) is 5.49. The molecule has 1 saturated heterocycles. The van der Waals surface area contributed by atoms with Crippen LogP contribution in [0.2, 0.25) is 5.02 Å². The molecule has 1 aliphatic heterocycles. The third kappa shape index (κ3) is 7.20. The first-order chi connectivity index (χ1) is 18.5. The summed E-state index contributed by atoms with van der Waals surface area (Å²) in [7, 11) is -4.21. The van der Waals surface area contributed by atoms with Gasteiger partial charge in [0.2, 0.25) is 5.91 Å². The van der Waals surface area contributed by atoms with E-state index in [1.165, 1.54) is 55.5 Å². The van der Waals surface area contributed by atoms with E-state index in [1.54, 1.807) is 6.07 Å². The number of rotatable bonds is 9. The van der Waals surface area contributed by atoms with Crippen LogP contribution in [0.5, 0.6) is 11.5 Å².